The molecule has 7 rings (SSSR count). The van der Waals surface area contributed by atoms with Gasteiger partial charge in [-0.1, -0.05) is 115 Å². The Kier molecular flexibility index (Phi) is 5.49. The zero-order valence-corrected chi connectivity index (χ0v) is 20.8. The number of rotatable bonds is 4. The van der Waals surface area contributed by atoms with Crippen molar-refractivity contribution in [1.82, 2.24) is 9.97 Å². The molecule has 0 atom stereocenters. The van der Waals surface area contributed by atoms with Crippen molar-refractivity contribution in [3.05, 3.63) is 146 Å². The molecule has 178 valence electrons. The van der Waals surface area contributed by atoms with Gasteiger partial charge in [0.15, 0.2) is 0 Å². The Bertz CT molecular complexity index is 1880. The minimum absolute atomic E-state index is 0.960. The Morgan fingerprint density at radius 2 is 0.921 bits per heavy atom. The van der Waals surface area contributed by atoms with Gasteiger partial charge in [-0.05, 0) is 51.9 Å². The summed E-state index contributed by atoms with van der Waals surface area (Å²) in [6.07, 6.45) is 1.83. The maximum atomic E-state index is 5.28. The summed E-state index contributed by atoms with van der Waals surface area (Å²) in [5.41, 5.74) is 9.92. The predicted molar refractivity (Wildman–Crippen MR) is 159 cm³/mol. The second kappa shape index (κ2) is 9.42. The van der Waals surface area contributed by atoms with E-state index in [1.165, 1.54) is 27.6 Å². The first-order valence-corrected chi connectivity index (χ1v) is 12.8. The Hall–Kier alpha value is -5.08. The van der Waals surface area contributed by atoms with E-state index in [0.29, 0.717) is 0 Å². The zero-order valence-electron chi connectivity index (χ0n) is 20.8. The van der Waals surface area contributed by atoms with Gasteiger partial charge in [0.05, 0.1) is 16.9 Å². The summed E-state index contributed by atoms with van der Waals surface area (Å²) in [5.74, 6) is 0. The van der Waals surface area contributed by atoms with E-state index in [0.717, 1.165) is 38.8 Å². The maximum Gasteiger partial charge on any atom is 0.0794 e. The van der Waals surface area contributed by atoms with Crippen LogP contribution in [0.5, 0.6) is 0 Å². The molecule has 0 aliphatic carbocycles. The first-order chi connectivity index (χ1) is 18.8. The Balaban J connectivity index is 1.50. The minimum atomic E-state index is 0.960. The first-order valence-electron chi connectivity index (χ1n) is 12.8. The molecular weight excluding hydrogens is 460 g/mol. The van der Waals surface area contributed by atoms with Crippen LogP contribution in [0.3, 0.4) is 0 Å². The van der Waals surface area contributed by atoms with Crippen LogP contribution < -0.4 is 0 Å². The summed E-state index contributed by atoms with van der Waals surface area (Å²) in [7, 11) is 0. The summed E-state index contributed by atoms with van der Waals surface area (Å²) in [6.45, 7) is 0. The van der Waals surface area contributed by atoms with Crippen molar-refractivity contribution in [2.24, 2.45) is 0 Å². The summed E-state index contributed by atoms with van der Waals surface area (Å²) < 4.78 is 0. The molecule has 0 aliphatic rings. The smallest absolute Gasteiger partial charge is 0.0794 e. The van der Waals surface area contributed by atoms with E-state index in [4.69, 9.17) is 4.98 Å². The number of fused-ring (bicyclic) bond motifs is 3. The van der Waals surface area contributed by atoms with E-state index in [-0.39, 0.29) is 0 Å². The Morgan fingerprint density at radius 1 is 0.368 bits per heavy atom. The van der Waals surface area contributed by atoms with Gasteiger partial charge in [0.1, 0.15) is 0 Å². The predicted octanol–water partition coefficient (Wildman–Crippen LogP) is 9.45. The molecule has 0 unspecified atom stereocenters. The molecule has 38 heavy (non-hydrogen) atoms. The lowest BCUT2D eigenvalue weighted by molar-refractivity contribution is 1.32. The van der Waals surface area contributed by atoms with Gasteiger partial charge in [-0.2, -0.15) is 0 Å². The first kappa shape index (κ1) is 22.1. The largest absolute Gasteiger partial charge is 0.256 e. The fourth-order valence-corrected chi connectivity index (χ4v) is 5.26. The summed E-state index contributed by atoms with van der Waals surface area (Å²) in [6, 6.07) is 49.0. The molecule has 0 N–H and O–H groups in total. The lowest BCUT2D eigenvalue weighted by atomic mass is 9.91. The van der Waals surface area contributed by atoms with Crippen LogP contribution in [0.4, 0.5) is 0 Å². The molecule has 0 aliphatic heterocycles. The van der Waals surface area contributed by atoms with Gasteiger partial charge in [0.2, 0.25) is 0 Å². The molecule has 0 radical (unpaired) electrons. The Labute approximate surface area is 221 Å². The third kappa shape index (κ3) is 3.93. The van der Waals surface area contributed by atoms with E-state index in [2.05, 4.69) is 126 Å². The van der Waals surface area contributed by atoms with Gasteiger partial charge >= 0.3 is 0 Å². The van der Waals surface area contributed by atoms with Crippen molar-refractivity contribution >= 4 is 21.7 Å². The van der Waals surface area contributed by atoms with E-state index in [1.807, 2.05) is 24.4 Å². The molecule has 0 spiro atoms. The van der Waals surface area contributed by atoms with Crippen LogP contribution in [0.15, 0.2) is 146 Å². The molecule has 0 fully saturated rings. The van der Waals surface area contributed by atoms with Gasteiger partial charge in [0.25, 0.3) is 0 Å². The average Bonchev–Trinajstić information content (AvgIpc) is 3.01. The van der Waals surface area contributed by atoms with E-state index < -0.39 is 0 Å². The lowest BCUT2D eigenvalue weighted by Crippen LogP contribution is -1.93. The van der Waals surface area contributed by atoms with Crippen molar-refractivity contribution in [1.29, 1.82) is 0 Å². The molecule has 0 bridgehead atoms. The molecular formula is C36H24N2. The highest BCUT2D eigenvalue weighted by molar-refractivity contribution is 6.16. The molecule has 0 amide bonds. The number of hydrogen-bond donors (Lipinski definition) is 0. The molecule has 2 heterocycles. The average molecular weight is 485 g/mol. The molecule has 7 aromatic rings. The fourth-order valence-electron chi connectivity index (χ4n) is 5.26. The van der Waals surface area contributed by atoms with Crippen LogP contribution in [0.1, 0.15) is 0 Å². The highest BCUT2D eigenvalue weighted by Crippen LogP contribution is 2.40. The van der Waals surface area contributed by atoms with Gasteiger partial charge in [-0.25, -0.2) is 4.98 Å². The molecule has 5 aromatic carbocycles. The van der Waals surface area contributed by atoms with Gasteiger partial charge in [-0.3, -0.25) is 4.98 Å². The normalized spacial score (nSPS) is 11.2. The number of benzene rings is 5. The zero-order chi connectivity index (χ0) is 25.3. The van der Waals surface area contributed by atoms with E-state index >= 15 is 0 Å². The summed E-state index contributed by atoms with van der Waals surface area (Å²) in [5, 5.41) is 3.52. The molecule has 2 aromatic heterocycles. The van der Waals surface area contributed by atoms with Crippen LogP contribution in [-0.4, -0.2) is 9.97 Å². The van der Waals surface area contributed by atoms with Crippen molar-refractivity contribution in [3.63, 3.8) is 0 Å². The van der Waals surface area contributed by atoms with Gasteiger partial charge in [0, 0.05) is 28.1 Å². The van der Waals surface area contributed by atoms with Crippen molar-refractivity contribution in [2.45, 2.75) is 0 Å². The van der Waals surface area contributed by atoms with Crippen LogP contribution in [0.2, 0.25) is 0 Å². The van der Waals surface area contributed by atoms with Crippen LogP contribution in [-0.2, 0) is 0 Å². The fraction of sp³-hybridized carbons (Fsp3) is 0. The van der Waals surface area contributed by atoms with Crippen molar-refractivity contribution in [2.75, 3.05) is 0 Å². The highest BCUT2D eigenvalue weighted by atomic mass is 14.7. The third-order valence-electron chi connectivity index (χ3n) is 7.13. The number of hydrogen-bond acceptors (Lipinski definition) is 2. The van der Waals surface area contributed by atoms with E-state index in [9.17, 15) is 0 Å². The van der Waals surface area contributed by atoms with Crippen molar-refractivity contribution < 1.29 is 0 Å². The Morgan fingerprint density at radius 3 is 1.55 bits per heavy atom. The molecule has 0 saturated carbocycles. The third-order valence-corrected chi connectivity index (χ3v) is 7.13. The standard InChI is InChI=1S/C36H24N2/c1-3-11-25(12-4-1)31-23-33-32(26-13-5-2-6-14-26)24-35(38-36(33)30-16-8-7-15-29(30)31)28-20-18-27(19-21-28)34-17-9-10-22-37-34/h1-24H. The summed E-state index contributed by atoms with van der Waals surface area (Å²) in [4.78, 5) is 9.78. The maximum absolute atomic E-state index is 5.28. The monoisotopic (exact) mass is 484 g/mol. The second-order valence-corrected chi connectivity index (χ2v) is 9.45. The number of aromatic nitrogens is 2. The lowest BCUT2D eigenvalue weighted by Gasteiger charge is -2.16. The SMILES string of the molecule is c1ccc(-c2cc3c(-c4ccccc4)cc(-c4ccc(-c5ccccn5)cc4)nc3c3ccccc23)cc1. The van der Waals surface area contributed by atoms with E-state index in [1.54, 1.807) is 0 Å². The number of pyridine rings is 2. The summed E-state index contributed by atoms with van der Waals surface area (Å²) >= 11 is 0. The highest BCUT2D eigenvalue weighted by Gasteiger charge is 2.15. The quantitative estimate of drug-likeness (QED) is 0.233. The van der Waals surface area contributed by atoms with Crippen LogP contribution >= 0.6 is 0 Å². The molecule has 0 saturated heterocycles. The van der Waals surface area contributed by atoms with Crippen molar-refractivity contribution in [3.8, 4) is 44.8 Å². The molecule has 2 nitrogen and oxygen atoms in total. The van der Waals surface area contributed by atoms with Crippen LogP contribution in [0, 0.1) is 0 Å². The van der Waals surface area contributed by atoms with Gasteiger partial charge in [-0.15, -0.1) is 0 Å². The minimum Gasteiger partial charge on any atom is -0.256 e. The molecule has 2 heteroatoms. The topological polar surface area (TPSA) is 25.8 Å². The van der Waals surface area contributed by atoms with Gasteiger partial charge < -0.3 is 0 Å². The second-order valence-electron chi connectivity index (χ2n) is 9.45. The van der Waals surface area contributed by atoms with Crippen LogP contribution in [0.25, 0.3) is 66.4 Å². The number of nitrogens with zero attached hydrogens (tertiary/aromatic N) is 2.